The number of aliphatic hydroxyl groups excluding tert-OH is 2. The fourth-order valence-corrected chi connectivity index (χ4v) is 2.61. The molecule has 0 aromatic rings. The van der Waals surface area contributed by atoms with Crippen molar-refractivity contribution in [3.8, 4) is 0 Å². The fraction of sp³-hybridized carbons (Fsp3) is 0.769. The SMILES string of the molecule is CC1(C)CC(=O)C2=C(C1)OC(C)(C)[C@@H](O)[C@@H]2O. The second-order valence-electron chi connectivity index (χ2n) is 6.37. The Bertz CT molecular complexity index is 392. The molecule has 0 spiro atoms. The van der Waals surface area contributed by atoms with E-state index in [-0.39, 0.29) is 16.8 Å². The first-order chi connectivity index (χ1) is 7.64. The minimum absolute atomic E-state index is 0.113. The molecule has 0 unspecified atom stereocenters. The molecule has 0 radical (unpaired) electrons. The Labute approximate surface area is 101 Å². The quantitative estimate of drug-likeness (QED) is 0.667. The molecule has 1 heterocycles. The largest absolute Gasteiger partial charge is 0.489 e. The molecule has 2 rings (SSSR count). The van der Waals surface area contributed by atoms with Crippen molar-refractivity contribution in [2.24, 2.45) is 5.41 Å². The molecule has 4 nitrogen and oxygen atoms in total. The van der Waals surface area contributed by atoms with Gasteiger partial charge in [0.15, 0.2) is 5.78 Å². The first-order valence-corrected chi connectivity index (χ1v) is 5.95. The molecule has 2 N–H and O–H groups in total. The maximum absolute atomic E-state index is 12.0. The average molecular weight is 240 g/mol. The van der Waals surface area contributed by atoms with E-state index in [4.69, 9.17) is 4.74 Å². The van der Waals surface area contributed by atoms with Gasteiger partial charge in [-0.3, -0.25) is 4.79 Å². The van der Waals surface area contributed by atoms with E-state index in [2.05, 4.69) is 0 Å². The smallest absolute Gasteiger partial charge is 0.165 e. The van der Waals surface area contributed by atoms with Crippen LogP contribution in [0.5, 0.6) is 0 Å². The van der Waals surface area contributed by atoms with Gasteiger partial charge in [-0.25, -0.2) is 0 Å². The van der Waals surface area contributed by atoms with Gasteiger partial charge >= 0.3 is 0 Å². The summed E-state index contributed by atoms with van der Waals surface area (Å²) in [4.78, 5) is 12.0. The number of carbonyl (C=O) groups excluding carboxylic acids is 1. The Hall–Kier alpha value is -0.870. The number of Topliss-reactive ketones (excluding diaryl/α,β-unsaturated/α-hetero) is 1. The summed E-state index contributed by atoms with van der Waals surface area (Å²) in [5.41, 5.74) is -0.726. The summed E-state index contributed by atoms with van der Waals surface area (Å²) in [5.74, 6) is 0.437. The summed E-state index contributed by atoms with van der Waals surface area (Å²) >= 11 is 0. The first-order valence-electron chi connectivity index (χ1n) is 5.95. The van der Waals surface area contributed by atoms with Crippen LogP contribution in [-0.2, 0) is 9.53 Å². The van der Waals surface area contributed by atoms with Crippen molar-refractivity contribution < 1.29 is 19.7 Å². The summed E-state index contributed by atoms with van der Waals surface area (Å²) in [6, 6.07) is 0. The van der Waals surface area contributed by atoms with Gasteiger partial charge in [-0.05, 0) is 19.3 Å². The third-order valence-corrected chi connectivity index (χ3v) is 3.57. The topological polar surface area (TPSA) is 66.8 Å². The zero-order valence-corrected chi connectivity index (χ0v) is 10.8. The van der Waals surface area contributed by atoms with E-state index in [1.54, 1.807) is 13.8 Å². The normalized spacial score (nSPS) is 35.3. The third-order valence-electron chi connectivity index (χ3n) is 3.57. The maximum atomic E-state index is 12.0. The number of aliphatic hydroxyl groups is 2. The predicted molar refractivity (Wildman–Crippen MR) is 62.2 cm³/mol. The zero-order valence-electron chi connectivity index (χ0n) is 10.8. The maximum Gasteiger partial charge on any atom is 0.165 e. The van der Waals surface area contributed by atoms with Crippen molar-refractivity contribution >= 4 is 5.78 Å². The van der Waals surface area contributed by atoms with E-state index in [1.165, 1.54) is 0 Å². The van der Waals surface area contributed by atoms with Crippen LogP contribution in [0.1, 0.15) is 40.5 Å². The third kappa shape index (κ3) is 2.00. The van der Waals surface area contributed by atoms with Gasteiger partial charge in [0.05, 0.1) is 5.57 Å². The summed E-state index contributed by atoms with van der Waals surface area (Å²) < 4.78 is 5.72. The highest BCUT2D eigenvalue weighted by molar-refractivity contribution is 5.98. The van der Waals surface area contributed by atoms with Crippen LogP contribution in [0.2, 0.25) is 0 Å². The summed E-state index contributed by atoms with van der Waals surface area (Å²) in [6.45, 7) is 7.44. The van der Waals surface area contributed by atoms with Crippen LogP contribution >= 0.6 is 0 Å². The molecule has 0 aromatic heterocycles. The summed E-state index contributed by atoms with van der Waals surface area (Å²) in [6.07, 6.45) is -1.18. The van der Waals surface area contributed by atoms with E-state index in [0.29, 0.717) is 18.6 Å². The molecule has 2 atom stereocenters. The summed E-state index contributed by atoms with van der Waals surface area (Å²) in [5, 5.41) is 20.0. The van der Waals surface area contributed by atoms with E-state index in [9.17, 15) is 15.0 Å². The van der Waals surface area contributed by atoms with Crippen molar-refractivity contribution in [1.29, 1.82) is 0 Å². The van der Waals surface area contributed by atoms with Gasteiger partial charge in [-0.15, -0.1) is 0 Å². The van der Waals surface area contributed by atoms with Crippen LogP contribution < -0.4 is 0 Å². The van der Waals surface area contributed by atoms with Gasteiger partial charge in [0.25, 0.3) is 0 Å². The Balaban J connectivity index is 2.45. The van der Waals surface area contributed by atoms with Crippen LogP contribution in [0.3, 0.4) is 0 Å². The van der Waals surface area contributed by atoms with Gasteiger partial charge in [-0.2, -0.15) is 0 Å². The van der Waals surface area contributed by atoms with Crippen molar-refractivity contribution in [3.05, 3.63) is 11.3 Å². The van der Waals surface area contributed by atoms with Crippen molar-refractivity contribution in [3.63, 3.8) is 0 Å². The number of ether oxygens (including phenoxy) is 1. The number of hydrogen-bond acceptors (Lipinski definition) is 4. The minimum atomic E-state index is -1.13. The van der Waals surface area contributed by atoms with Crippen molar-refractivity contribution in [2.75, 3.05) is 0 Å². The number of rotatable bonds is 0. The molecule has 17 heavy (non-hydrogen) atoms. The van der Waals surface area contributed by atoms with Crippen molar-refractivity contribution in [2.45, 2.75) is 58.3 Å². The molecule has 0 amide bonds. The highest BCUT2D eigenvalue weighted by Crippen LogP contribution is 2.44. The highest BCUT2D eigenvalue weighted by atomic mass is 16.5. The lowest BCUT2D eigenvalue weighted by atomic mass is 9.72. The first kappa shape index (κ1) is 12.6. The second kappa shape index (κ2) is 3.56. The number of carbonyl (C=O) groups is 1. The van der Waals surface area contributed by atoms with Crippen LogP contribution in [0.25, 0.3) is 0 Å². The molecule has 1 aliphatic heterocycles. The lowest BCUT2D eigenvalue weighted by molar-refractivity contribution is -0.146. The van der Waals surface area contributed by atoms with E-state index < -0.39 is 17.8 Å². The van der Waals surface area contributed by atoms with Gasteiger partial charge in [0, 0.05) is 12.8 Å². The van der Waals surface area contributed by atoms with Crippen LogP contribution in [0.4, 0.5) is 0 Å². The van der Waals surface area contributed by atoms with Gasteiger partial charge < -0.3 is 14.9 Å². The van der Waals surface area contributed by atoms with E-state index in [1.807, 2.05) is 13.8 Å². The zero-order chi connectivity index (χ0) is 13.0. The standard InChI is InChI=1S/C13H20O4/c1-12(2)5-7(14)9-8(6-12)17-13(3,4)11(16)10(9)15/h10-11,15-16H,5-6H2,1-4H3/t10-,11+/m1/s1. The monoisotopic (exact) mass is 240 g/mol. The van der Waals surface area contributed by atoms with Gasteiger partial charge in [-0.1, -0.05) is 13.8 Å². The summed E-state index contributed by atoms with van der Waals surface area (Å²) in [7, 11) is 0. The predicted octanol–water partition coefficient (Wildman–Crippen LogP) is 1.16. The molecule has 0 saturated carbocycles. The highest BCUT2D eigenvalue weighted by Gasteiger charge is 2.48. The molecular weight excluding hydrogens is 220 g/mol. The fourth-order valence-electron chi connectivity index (χ4n) is 2.61. The van der Waals surface area contributed by atoms with Crippen LogP contribution in [-0.4, -0.2) is 33.8 Å². The molecule has 0 fully saturated rings. The Morgan fingerprint density at radius 1 is 1.18 bits per heavy atom. The minimum Gasteiger partial charge on any atom is -0.489 e. The van der Waals surface area contributed by atoms with E-state index in [0.717, 1.165) is 0 Å². The van der Waals surface area contributed by atoms with Crippen LogP contribution in [0, 0.1) is 5.41 Å². The molecule has 0 aromatic carbocycles. The molecular formula is C13H20O4. The van der Waals surface area contributed by atoms with E-state index >= 15 is 0 Å². The number of hydrogen-bond donors (Lipinski definition) is 2. The molecule has 2 aliphatic rings. The molecule has 1 aliphatic carbocycles. The second-order valence-corrected chi connectivity index (χ2v) is 6.37. The Kier molecular flexibility index (Phi) is 2.64. The molecule has 0 bridgehead atoms. The lowest BCUT2D eigenvalue weighted by Gasteiger charge is -2.45. The Morgan fingerprint density at radius 2 is 1.76 bits per heavy atom. The lowest BCUT2D eigenvalue weighted by Crippen LogP contribution is -2.53. The number of ketones is 1. The van der Waals surface area contributed by atoms with Crippen LogP contribution in [0.15, 0.2) is 11.3 Å². The van der Waals surface area contributed by atoms with Gasteiger partial charge in [0.1, 0.15) is 23.6 Å². The molecule has 4 heteroatoms. The Morgan fingerprint density at radius 3 is 2.35 bits per heavy atom. The molecule has 96 valence electrons. The van der Waals surface area contributed by atoms with Gasteiger partial charge in [0.2, 0.25) is 0 Å². The number of allylic oxidation sites excluding steroid dienone is 1. The van der Waals surface area contributed by atoms with Crippen molar-refractivity contribution in [1.82, 2.24) is 0 Å². The molecule has 0 saturated heterocycles. The average Bonchev–Trinajstić information content (AvgIpc) is 2.10.